The van der Waals surface area contributed by atoms with E-state index in [9.17, 15) is 20.0 Å². The van der Waals surface area contributed by atoms with Gasteiger partial charge in [-0.3, -0.25) is 14.9 Å². The van der Waals surface area contributed by atoms with E-state index in [1.165, 1.54) is 18.2 Å². The summed E-state index contributed by atoms with van der Waals surface area (Å²) in [6.45, 7) is 0.648. The van der Waals surface area contributed by atoms with Crippen LogP contribution in [-0.2, 0) is 6.54 Å². The minimum absolute atomic E-state index is 0.0300. The Kier molecular flexibility index (Phi) is 5.89. The van der Waals surface area contributed by atoms with Gasteiger partial charge in [0.15, 0.2) is 5.69 Å². The van der Waals surface area contributed by atoms with Crippen LogP contribution < -0.4 is 4.74 Å². The van der Waals surface area contributed by atoms with Gasteiger partial charge in [0.2, 0.25) is 5.88 Å². The molecule has 4 rings (SSSR count). The number of rotatable bonds is 7. The van der Waals surface area contributed by atoms with Gasteiger partial charge >= 0.3 is 0 Å². The van der Waals surface area contributed by atoms with Crippen LogP contribution in [-0.4, -0.2) is 27.1 Å². The summed E-state index contributed by atoms with van der Waals surface area (Å²) in [6.07, 6.45) is 0. The number of aromatic nitrogens is 1. The number of carbonyl (C=O) groups is 1. The van der Waals surface area contributed by atoms with E-state index in [-0.39, 0.29) is 22.8 Å². The van der Waals surface area contributed by atoms with Crippen molar-refractivity contribution in [1.29, 1.82) is 0 Å². The third-order valence-electron chi connectivity index (χ3n) is 4.79. The highest BCUT2D eigenvalue weighted by Crippen LogP contribution is 2.38. The number of carbonyl (C=O) groups excluding carboxylic acids is 1. The van der Waals surface area contributed by atoms with Gasteiger partial charge in [0.05, 0.1) is 22.5 Å². The number of azo groups is 1. The first-order valence-corrected chi connectivity index (χ1v) is 9.73. The zero-order valence-electron chi connectivity index (χ0n) is 16.8. The third kappa shape index (κ3) is 4.31. The molecule has 1 heterocycles. The van der Waals surface area contributed by atoms with Gasteiger partial charge in [-0.25, -0.2) is 0 Å². The number of hydrogen-bond acceptors (Lipinski definition) is 6. The number of amides is 1. The van der Waals surface area contributed by atoms with Crippen molar-refractivity contribution >= 4 is 28.2 Å². The van der Waals surface area contributed by atoms with E-state index in [0.717, 1.165) is 6.07 Å². The van der Waals surface area contributed by atoms with Crippen LogP contribution in [0, 0.1) is 10.1 Å². The molecule has 9 nitrogen and oxygen atoms in total. The largest absolute Gasteiger partial charge is 0.493 e. The summed E-state index contributed by atoms with van der Waals surface area (Å²) in [5, 5.41) is 29.9. The summed E-state index contributed by atoms with van der Waals surface area (Å²) in [6, 6.07) is 21.7. The molecular weight excluding hydrogens is 412 g/mol. The molecule has 4 aromatic rings. The van der Waals surface area contributed by atoms with Crippen LogP contribution in [0.15, 0.2) is 89.1 Å². The Labute approximate surface area is 182 Å². The first-order valence-electron chi connectivity index (χ1n) is 9.73. The summed E-state index contributed by atoms with van der Waals surface area (Å²) >= 11 is 0. The molecule has 0 aliphatic carbocycles. The fourth-order valence-electron chi connectivity index (χ4n) is 3.27. The van der Waals surface area contributed by atoms with Gasteiger partial charge in [-0.05, 0) is 24.3 Å². The zero-order chi connectivity index (χ0) is 22.5. The van der Waals surface area contributed by atoms with Crippen molar-refractivity contribution in [3.05, 3.63) is 94.5 Å². The summed E-state index contributed by atoms with van der Waals surface area (Å²) in [5.74, 6) is -0.193. The van der Waals surface area contributed by atoms with E-state index in [0.29, 0.717) is 29.8 Å². The number of benzene rings is 3. The van der Waals surface area contributed by atoms with E-state index in [2.05, 4.69) is 10.2 Å². The van der Waals surface area contributed by atoms with Gasteiger partial charge in [0.1, 0.15) is 12.4 Å². The van der Waals surface area contributed by atoms with Gasteiger partial charge in [-0.15, -0.1) is 10.2 Å². The Balaban J connectivity index is 1.59. The molecule has 160 valence electrons. The SMILES string of the molecule is O=C(N=Nc1c(O)n(CCOc2ccccc2)c2ccccc12)c1cccc([N+](=O)[O-])c1. The van der Waals surface area contributed by atoms with Gasteiger partial charge < -0.3 is 14.4 Å². The molecule has 0 atom stereocenters. The van der Waals surface area contributed by atoms with Crippen molar-refractivity contribution in [2.75, 3.05) is 6.61 Å². The molecular formula is C23H18N4O5. The standard InChI is InChI=1S/C23H18N4O5/c28-22(16-7-6-8-17(15-16)27(30)31)25-24-21-19-11-4-5-12-20(19)26(23(21)29)13-14-32-18-9-2-1-3-10-18/h1-12,15,29H,13-14H2. The number of nitro benzene ring substituents is 1. The molecule has 0 unspecified atom stereocenters. The van der Waals surface area contributed by atoms with E-state index in [4.69, 9.17) is 4.74 Å². The molecule has 0 aliphatic heterocycles. The van der Waals surface area contributed by atoms with Crippen molar-refractivity contribution in [1.82, 2.24) is 4.57 Å². The van der Waals surface area contributed by atoms with Crippen molar-refractivity contribution in [3.63, 3.8) is 0 Å². The topological polar surface area (TPSA) is 119 Å². The molecule has 0 spiro atoms. The van der Waals surface area contributed by atoms with E-state index < -0.39 is 10.8 Å². The second kappa shape index (κ2) is 9.09. The Hall–Kier alpha value is -4.53. The van der Waals surface area contributed by atoms with Gasteiger partial charge in [0.25, 0.3) is 11.6 Å². The molecule has 0 saturated heterocycles. The van der Waals surface area contributed by atoms with E-state index in [1.54, 1.807) is 16.7 Å². The van der Waals surface area contributed by atoms with Crippen molar-refractivity contribution in [3.8, 4) is 11.6 Å². The maximum absolute atomic E-state index is 12.4. The maximum Gasteiger partial charge on any atom is 0.295 e. The lowest BCUT2D eigenvalue weighted by Gasteiger charge is -2.09. The molecule has 0 saturated carbocycles. The molecule has 1 amide bonds. The number of para-hydroxylation sites is 2. The van der Waals surface area contributed by atoms with Crippen molar-refractivity contribution in [2.45, 2.75) is 6.54 Å². The molecule has 0 fully saturated rings. The predicted octanol–water partition coefficient (Wildman–Crippen LogP) is 5.26. The Bertz CT molecular complexity index is 1310. The minimum atomic E-state index is -0.752. The molecule has 0 aliphatic rings. The highest BCUT2D eigenvalue weighted by molar-refractivity contribution is 5.97. The summed E-state index contributed by atoms with van der Waals surface area (Å²) in [4.78, 5) is 22.7. The minimum Gasteiger partial charge on any atom is -0.493 e. The van der Waals surface area contributed by atoms with Crippen LogP contribution in [0.3, 0.4) is 0 Å². The van der Waals surface area contributed by atoms with E-state index >= 15 is 0 Å². The average molecular weight is 430 g/mol. The molecule has 3 aromatic carbocycles. The van der Waals surface area contributed by atoms with Crippen LogP contribution in [0.1, 0.15) is 10.4 Å². The number of nitrogens with zero attached hydrogens (tertiary/aromatic N) is 4. The van der Waals surface area contributed by atoms with Crippen LogP contribution >= 0.6 is 0 Å². The number of nitro groups is 1. The van der Waals surface area contributed by atoms with Crippen LogP contribution in [0.2, 0.25) is 0 Å². The lowest BCUT2D eigenvalue weighted by atomic mass is 10.2. The summed E-state index contributed by atoms with van der Waals surface area (Å²) < 4.78 is 7.34. The number of fused-ring (bicyclic) bond motifs is 1. The van der Waals surface area contributed by atoms with Gasteiger partial charge in [-0.1, -0.05) is 42.5 Å². The van der Waals surface area contributed by atoms with Gasteiger partial charge in [0, 0.05) is 17.5 Å². The second-order valence-electron chi connectivity index (χ2n) is 6.82. The molecule has 1 N–H and O–H groups in total. The van der Waals surface area contributed by atoms with Crippen LogP contribution in [0.25, 0.3) is 10.9 Å². The number of non-ortho nitro benzene ring substituents is 1. The molecule has 0 bridgehead atoms. The van der Waals surface area contributed by atoms with Crippen LogP contribution in [0.4, 0.5) is 11.4 Å². The molecule has 9 heteroatoms. The summed E-state index contributed by atoms with van der Waals surface area (Å²) in [5.41, 5.74) is 0.656. The molecule has 32 heavy (non-hydrogen) atoms. The number of ether oxygens (including phenoxy) is 1. The van der Waals surface area contributed by atoms with Crippen molar-refractivity contribution < 1.29 is 19.6 Å². The predicted molar refractivity (Wildman–Crippen MR) is 117 cm³/mol. The maximum atomic E-state index is 12.4. The normalized spacial score (nSPS) is 11.1. The lowest BCUT2D eigenvalue weighted by Crippen LogP contribution is -2.07. The smallest absolute Gasteiger partial charge is 0.295 e. The van der Waals surface area contributed by atoms with Crippen LogP contribution in [0.5, 0.6) is 11.6 Å². The quantitative estimate of drug-likeness (QED) is 0.244. The third-order valence-corrected chi connectivity index (χ3v) is 4.79. The lowest BCUT2D eigenvalue weighted by molar-refractivity contribution is -0.384. The number of aromatic hydroxyl groups is 1. The van der Waals surface area contributed by atoms with Gasteiger partial charge in [-0.2, -0.15) is 0 Å². The Morgan fingerprint density at radius 1 is 1.03 bits per heavy atom. The fourth-order valence-corrected chi connectivity index (χ4v) is 3.27. The molecule has 1 aromatic heterocycles. The van der Waals surface area contributed by atoms with Crippen molar-refractivity contribution in [2.24, 2.45) is 10.2 Å². The van der Waals surface area contributed by atoms with E-state index in [1.807, 2.05) is 42.5 Å². The Morgan fingerprint density at radius 2 is 1.78 bits per heavy atom. The fraction of sp³-hybridized carbons (Fsp3) is 0.0870. The highest BCUT2D eigenvalue weighted by atomic mass is 16.6. The zero-order valence-corrected chi connectivity index (χ0v) is 16.8. The second-order valence-corrected chi connectivity index (χ2v) is 6.82. The average Bonchev–Trinajstić information content (AvgIpc) is 3.09. The first kappa shape index (κ1) is 20.7. The first-order chi connectivity index (χ1) is 15.5. The molecule has 0 radical (unpaired) electrons. The monoisotopic (exact) mass is 430 g/mol. The highest BCUT2D eigenvalue weighted by Gasteiger charge is 2.17. The summed E-state index contributed by atoms with van der Waals surface area (Å²) in [7, 11) is 0. The Morgan fingerprint density at radius 3 is 2.56 bits per heavy atom. The number of hydrogen-bond donors (Lipinski definition) is 1.